The maximum absolute atomic E-state index is 8.55. The van der Waals surface area contributed by atoms with Crippen molar-refractivity contribution in [3.63, 3.8) is 0 Å². The van der Waals surface area contributed by atoms with E-state index in [0.717, 1.165) is 11.7 Å². The van der Waals surface area contributed by atoms with Gasteiger partial charge in [0, 0.05) is 12.2 Å². The summed E-state index contributed by atoms with van der Waals surface area (Å²) in [6.07, 6.45) is 2.82. The van der Waals surface area contributed by atoms with Crippen LogP contribution in [0.3, 0.4) is 0 Å². The average Bonchev–Trinajstić information content (AvgIpc) is 2.83. The molecule has 0 aromatic carbocycles. The van der Waals surface area contributed by atoms with Crippen LogP contribution in [0.15, 0.2) is 18.3 Å². The molecule has 0 amide bonds. The van der Waals surface area contributed by atoms with Gasteiger partial charge in [-0.25, -0.2) is 4.98 Å². The lowest BCUT2D eigenvalue weighted by Gasteiger charge is -2.02. The third kappa shape index (κ3) is 1.78. The molecule has 3 nitrogen and oxygen atoms in total. The highest BCUT2D eigenvalue weighted by molar-refractivity contribution is 5.41. The molecule has 1 aromatic heterocycles. The summed E-state index contributed by atoms with van der Waals surface area (Å²) in [6.45, 7) is 2.21. The number of aromatic nitrogens is 1. The quantitative estimate of drug-likeness (QED) is 0.741. The van der Waals surface area contributed by atoms with Crippen LogP contribution in [-0.2, 0) is 0 Å². The van der Waals surface area contributed by atoms with Gasteiger partial charge in [0.25, 0.3) is 0 Å². The van der Waals surface area contributed by atoms with Gasteiger partial charge in [-0.1, -0.05) is 6.92 Å². The summed E-state index contributed by atoms with van der Waals surface area (Å²) in [5.74, 6) is 1.63. The molecule has 0 saturated heterocycles. The second-order valence-corrected chi connectivity index (χ2v) is 3.51. The van der Waals surface area contributed by atoms with E-state index in [-0.39, 0.29) is 0 Å². The van der Waals surface area contributed by atoms with E-state index < -0.39 is 0 Å². The Morgan fingerprint density at radius 3 is 2.85 bits per heavy atom. The average molecular weight is 173 g/mol. The van der Waals surface area contributed by atoms with Gasteiger partial charge in [-0.05, 0) is 24.5 Å². The maximum Gasteiger partial charge on any atom is 0.126 e. The van der Waals surface area contributed by atoms with E-state index in [1.54, 1.807) is 12.3 Å². The molecule has 66 valence electrons. The molecule has 1 N–H and O–H groups in total. The molecule has 1 aliphatic carbocycles. The Balaban J connectivity index is 2.02. The third-order valence-corrected chi connectivity index (χ3v) is 2.34. The van der Waals surface area contributed by atoms with Gasteiger partial charge in [-0.3, -0.25) is 0 Å². The summed E-state index contributed by atoms with van der Waals surface area (Å²) in [5, 5.41) is 11.9. The number of nitriles is 1. The largest absolute Gasteiger partial charge is 0.367 e. The maximum atomic E-state index is 8.55. The van der Waals surface area contributed by atoms with E-state index >= 15 is 0 Å². The molecule has 0 aliphatic heterocycles. The van der Waals surface area contributed by atoms with Gasteiger partial charge >= 0.3 is 0 Å². The first-order valence-corrected chi connectivity index (χ1v) is 4.42. The van der Waals surface area contributed by atoms with Crippen LogP contribution in [0.2, 0.25) is 0 Å². The number of nitrogens with one attached hydrogen (secondary N) is 1. The Morgan fingerprint density at radius 2 is 2.38 bits per heavy atom. The van der Waals surface area contributed by atoms with Crippen molar-refractivity contribution < 1.29 is 0 Å². The number of anilines is 1. The Kier molecular flexibility index (Phi) is 1.90. The van der Waals surface area contributed by atoms with Gasteiger partial charge in [0.2, 0.25) is 0 Å². The van der Waals surface area contributed by atoms with Crippen LogP contribution < -0.4 is 5.32 Å². The van der Waals surface area contributed by atoms with Crippen molar-refractivity contribution in [2.24, 2.45) is 5.92 Å². The van der Waals surface area contributed by atoms with Gasteiger partial charge in [0.05, 0.1) is 5.56 Å². The van der Waals surface area contributed by atoms with E-state index in [2.05, 4.69) is 17.2 Å². The smallest absolute Gasteiger partial charge is 0.126 e. The normalized spacial score (nSPS) is 24.9. The molecule has 1 aromatic rings. The molecule has 1 heterocycles. The van der Waals surface area contributed by atoms with Crippen LogP contribution in [0.4, 0.5) is 5.82 Å². The van der Waals surface area contributed by atoms with Gasteiger partial charge in [-0.2, -0.15) is 5.26 Å². The highest BCUT2D eigenvalue weighted by Gasteiger charge is 2.32. The first-order valence-electron chi connectivity index (χ1n) is 4.42. The molecule has 3 heteroatoms. The fourth-order valence-corrected chi connectivity index (χ4v) is 1.26. The lowest BCUT2D eigenvalue weighted by Crippen LogP contribution is -2.04. The SMILES string of the molecule is CC1CC1Nc1ccc(C#N)cn1. The van der Waals surface area contributed by atoms with Crippen molar-refractivity contribution in [2.75, 3.05) is 5.32 Å². The Bertz CT molecular complexity index is 336. The van der Waals surface area contributed by atoms with E-state index in [9.17, 15) is 0 Å². The molecule has 2 rings (SSSR count). The Labute approximate surface area is 77.4 Å². The molecule has 1 saturated carbocycles. The Morgan fingerprint density at radius 1 is 1.62 bits per heavy atom. The fourth-order valence-electron chi connectivity index (χ4n) is 1.26. The van der Waals surface area contributed by atoms with Crippen molar-refractivity contribution in [1.82, 2.24) is 4.98 Å². The van der Waals surface area contributed by atoms with Gasteiger partial charge < -0.3 is 5.32 Å². The first kappa shape index (κ1) is 8.06. The van der Waals surface area contributed by atoms with Crippen LogP contribution in [0.5, 0.6) is 0 Å². The predicted molar refractivity (Wildman–Crippen MR) is 50.1 cm³/mol. The highest BCUT2D eigenvalue weighted by Crippen LogP contribution is 2.31. The molecule has 0 bridgehead atoms. The standard InChI is InChI=1S/C10H11N3/c1-7-4-9(7)13-10-3-2-8(5-11)6-12-10/h2-3,6-7,9H,4H2,1H3,(H,12,13). The Hall–Kier alpha value is -1.56. The van der Waals surface area contributed by atoms with Crippen LogP contribution in [-0.4, -0.2) is 11.0 Å². The summed E-state index contributed by atoms with van der Waals surface area (Å²) in [6, 6.07) is 6.26. The zero-order valence-electron chi connectivity index (χ0n) is 7.49. The van der Waals surface area contributed by atoms with Gasteiger partial charge in [-0.15, -0.1) is 0 Å². The van der Waals surface area contributed by atoms with Crippen molar-refractivity contribution in [1.29, 1.82) is 5.26 Å². The molecule has 1 aliphatic rings. The second-order valence-electron chi connectivity index (χ2n) is 3.51. The van der Waals surface area contributed by atoms with Crippen LogP contribution in [0.1, 0.15) is 18.9 Å². The second kappa shape index (κ2) is 3.06. The van der Waals surface area contributed by atoms with Crippen molar-refractivity contribution in [3.8, 4) is 6.07 Å². The monoisotopic (exact) mass is 173 g/mol. The van der Waals surface area contributed by atoms with E-state index in [0.29, 0.717) is 11.6 Å². The minimum absolute atomic E-state index is 0.584. The summed E-state index contributed by atoms with van der Waals surface area (Å²) in [4.78, 5) is 4.13. The van der Waals surface area contributed by atoms with E-state index in [1.807, 2.05) is 12.1 Å². The zero-order valence-corrected chi connectivity index (χ0v) is 7.49. The first-order chi connectivity index (χ1) is 6.29. The van der Waals surface area contributed by atoms with E-state index in [1.165, 1.54) is 6.42 Å². The lowest BCUT2D eigenvalue weighted by atomic mass is 10.3. The minimum atomic E-state index is 0.584. The summed E-state index contributed by atoms with van der Waals surface area (Å²) >= 11 is 0. The van der Waals surface area contributed by atoms with Crippen LogP contribution in [0, 0.1) is 17.2 Å². The molecule has 2 atom stereocenters. The van der Waals surface area contributed by atoms with Crippen LogP contribution in [0.25, 0.3) is 0 Å². The number of hydrogen-bond donors (Lipinski definition) is 1. The number of rotatable bonds is 2. The summed E-state index contributed by atoms with van der Waals surface area (Å²) in [5.41, 5.74) is 0.606. The summed E-state index contributed by atoms with van der Waals surface area (Å²) < 4.78 is 0. The molecule has 0 radical (unpaired) electrons. The molecule has 1 fully saturated rings. The topological polar surface area (TPSA) is 48.7 Å². The van der Waals surface area contributed by atoms with Gasteiger partial charge in [0.1, 0.15) is 11.9 Å². The zero-order chi connectivity index (χ0) is 9.26. The van der Waals surface area contributed by atoms with Crippen molar-refractivity contribution in [3.05, 3.63) is 23.9 Å². The van der Waals surface area contributed by atoms with Crippen molar-refractivity contribution in [2.45, 2.75) is 19.4 Å². The summed E-state index contributed by atoms with van der Waals surface area (Å²) in [7, 11) is 0. The highest BCUT2D eigenvalue weighted by atomic mass is 15.0. The lowest BCUT2D eigenvalue weighted by molar-refractivity contribution is 0.923. The van der Waals surface area contributed by atoms with Gasteiger partial charge in [0.15, 0.2) is 0 Å². The number of nitrogens with zero attached hydrogens (tertiary/aromatic N) is 2. The number of hydrogen-bond acceptors (Lipinski definition) is 3. The fraction of sp³-hybridized carbons (Fsp3) is 0.400. The molecule has 2 unspecified atom stereocenters. The molecular weight excluding hydrogens is 162 g/mol. The number of pyridine rings is 1. The predicted octanol–water partition coefficient (Wildman–Crippen LogP) is 1.77. The molecule has 13 heavy (non-hydrogen) atoms. The molecule has 0 spiro atoms. The van der Waals surface area contributed by atoms with Crippen molar-refractivity contribution >= 4 is 5.82 Å². The minimum Gasteiger partial charge on any atom is -0.367 e. The molecular formula is C10H11N3. The van der Waals surface area contributed by atoms with E-state index in [4.69, 9.17) is 5.26 Å². The third-order valence-electron chi connectivity index (χ3n) is 2.34. The van der Waals surface area contributed by atoms with Crippen LogP contribution >= 0.6 is 0 Å².